The Balaban J connectivity index is 2.37. The summed E-state index contributed by atoms with van der Waals surface area (Å²) in [5.41, 5.74) is 6.85. The highest BCUT2D eigenvalue weighted by atomic mass is 35.5. The van der Waals surface area contributed by atoms with Crippen LogP contribution < -0.4 is 11.1 Å². The van der Waals surface area contributed by atoms with Crippen LogP contribution in [0.2, 0.25) is 5.02 Å². The van der Waals surface area contributed by atoms with Crippen molar-refractivity contribution in [1.82, 2.24) is 0 Å². The molecule has 0 saturated carbocycles. The first-order valence-corrected chi connectivity index (χ1v) is 5.63. The third kappa shape index (κ3) is 2.54. The number of halogens is 3. The van der Waals surface area contributed by atoms with E-state index in [0.29, 0.717) is 16.4 Å². The van der Waals surface area contributed by atoms with Crippen molar-refractivity contribution in [2.24, 2.45) is 0 Å². The molecule has 0 aliphatic rings. The second kappa shape index (κ2) is 4.82. The summed E-state index contributed by atoms with van der Waals surface area (Å²) in [6.07, 6.45) is 0. The van der Waals surface area contributed by atoms with E-state index in [0.717, 1.165) is 12.1 Å². The van der Waals surface area contributed by atoms with Crippen LogP contribution in [0.4, 0.5) is 25.8 Å². The van der Waals surface area contributed by atoms with Crippen LogP contribution in [0.25, 0.3) is 0 Å². The summed E-state index contributed by atoms with van der Waals surface area (Å²) in [7, 11) is 0. The molecule has 0 aliphatic heterocycles. The van der Waals surface area contributed by atoms with Gasteiger partial charge in [-0.25, -0.2) is 8.78 Å². The fraction of sp³-hybridized carbons (Fsp3) is 0.0769. The van der Waals surface area contributed by atoms with Crippen molar-refractivity contribution in [1.29, 1.82) is 0 Å². The molecule has 3 N–H and O–H groups in total. The Morgan fingerprint density at radius 1 is 1.06 bits per heavy atom. The van der Waals surface area contributed by atoms with Crippen molar-refractivity contribution >= 4 is 28.7 Å². The lowest BCUT2D eigenvalue weighted by atomic mass is 10.2. The lowest BCUT2D eigenvalue weighted by Gasteiger charge is -2.11. The van der Waals surface area contributed by atoms with Crippen molar-refractivity contribution in [2.75, 3.05) is 11.1 Å². The fourth-order valence-corrected chi connectivity index (χ4v) is 1.72. The summed E-state index contributed by atoms with van der Waals surface area (Å²) in [6.45, 7) is 1.50. The van der Waals surface area contributed by atoms with E-state index in [-0.39, 0.29) is 11.3 Å². The minimum atomic E-state index is -0.539. The van der Waals surface area contributed by atoms with Gasteiger partial charge in [-0.2, -0.15) is 0 Å². The van der Waals surface area contributed by atoms with Crippen LogP contribution in [-0.4, -0.2) is 0 Å². The highest BCUT2D eigenvalue weighted by Crippen LogP contribution is 2.28. The van der Waals surface area contributed by atoms with Gasteiger partial charge in [0.25, 0.3) is 0 Å². The Labute approximate surface area is 108 Å². The molecule has 0 aliphatic carbocycles. The maximum Gasteiger partial charge on any atom is 0.147 e. The molecule has 2 aromatic carbocycles. The number of hydrogen-bond acceptors (Lipinski definition) is 2. The van der Waals surface area contributed by atoms with E-state index in [1.54, 1.807) is 12.1 Å². The quantitative estimate of drug-likeness (QED) is 0.799. The fourth-order valence-electron chi connectivity index (χ4n) is 1.53. The molecule has 0 saturated heterocycles. The van der Waals surface area contributed by atoms with Gasteiger partial charge in [0, 0.05) is 11.1 Å². The number of nitrogens with one attached hydrogen (secondary N) is 1. The van der Waals surface area contributed by atoms with Gasteiger partial charge in [-0.15, -0.1) is 0 Å². The van der Waals surface area contributed by atoms with E-state index in [2.05, 4.69) is 5.32 Å². The predicted molar refractivity (Wildman–Crippen MR) is 70.2 cm³/mol. The molecule has 2 rings (SSSR count). The van der Waals surface area contributed by atoms with Gasteiger partial charge in [-0.05, 0) is 36.8 Å². The van der Waals surface area contributed by atoms with E-state index < -0.39 is 11.6 Å². The zero-order valence-corrected chi connectivity index (χ0v) is 10.4. The normalized spacial score (nSPS) is 10.4. The van der Waals surface area contributed by atoms with Crippen molar-refractivity contribution in [3.05, 3.63) is 52.6 Å². The zero-order chi connectivity index (χ0) is 13.3. The number of nitrogens with two attached hydrogens (primary N) is 1. The molecule has 0 radical (unpaired) electrons. The molecule has 0 bridgehead atoms. The number of rotatable bonds is 2. The second-order valence-electron chi connectivity index (χ2n) is 3.94. The first-order valence-electron chi connectivity index (χ1n) is 5.25. The molecule has 0 atom stereocenters. The Morgan fingerprint density at radius 3 is 2.44 bits per heavy atom. The molecule has 94 valence electrons. The van der Waals surface area contributed by atoms with Crippen molar-refractivity contribution < 1.29 is 8.78 Å². The van der Waals surface area contributed by atoms with Crippen molar-refractivity contribution in [2.45, 2.75) is 6.92 Å². The smallest absolute Gasteiger partial charge is 0.147 e. The van der Waals surface area contributed by atoms with Gasteiger partial charge < -0.3 is 11.1 Å². The summed E-state index contributed by atoms with van der Waals surface area (Å²) < 4.78 is 27.0. The monoisotopic (exact) mass is 268 g/mol. The average molecular weight is 269 g/mol. The number of aryl methyl sites for hydroxylation is 1. The molecule has 0 amide bonds. The number of anilines is 3. The summed E-state index contributed by atoms with van der Waals surface area (Å²) in [5, 5.41) is 3.22. The highest BCUT2D eigenvalue weighted by Gasteiger charge is 2.09. The van der Waals surface area contributed by atoms with Crippen molar-refractivity contribution in [3.63, 3.8) is 0 Å². The Kier molecular flexibility index (Phi) is 3.39. The molecule has 0 fully saturated rings. The first kappa shape index (κ1) is 12.6. The Hall–Kier alpha value is -1.81. The van der Waals surface area contributed by atoms with E-state index >= 15 is 0 Å². The standard InChI is InChI=1S/C13H11ClF2N2/c1-7-4-10(16)13(6-9(7)15)18-12-3-2-8(14)5-11(12)17/h2-6,18H,17H2,1H3. The lowest BCUT2D eigenvalue weighted by Crippen LogP contribution is -1.99. The van der Waals surface area contributed by atoms with Crippen LogP contribution in [0, 0.1) is 18.6 Å². The third-order valence-electron chi connectivity index (χ3n) is 2.53. The largest absolute Gasteiger partial charge is 0.397 e. The molecule has 0 aromatic heterocycles. The molecule has 2 nitrogen and oxygen atoms in total. The minimum absolute atomic E-state index is 0.0344. The molecule has 2 aromatic rings. The van der Waals surface area contributed by atoms with Crippen molar-refractivity contribution in [3.8, 4) is 0 Å². The average Bonchev–Trinajstić information content (AvgIpc) is 2.29. The van der Waals surface area contributed by atoms with E-state index in [1.165, 1.54) is 13.0 Å². The van der Waals surface area contributed by atoms with Gasteiger partial charge in [-0.3, -0.25) is 0 Å². The number of nitrogen functional groups attached to an aromatic ring is 1. The summed E-state index contributed by atoms with van der Waals surface area (Å²) in [6, 6.07) is 6.98. The second-order valence-corrected chi connectivity index (χ2v) is 4.37. The van der Waals surface area contributed by atoms with E-state index in [4.69, 9.17) is 17.3 Å². The SMILES string of the molecule is Cc1cc(F)c(Nc2ccc(Cl)cc2N)cc1F. The van der Waals surface area contributed by atoms with Gasteiger partial charge in [0.2, 0.25) is 0 Å². The molecule has 18 heavy (non-hydrogen) atoms. The third-order valence-corrected chi connectivity index (χ3v) is 2.77. The maximum absolute atomic E-state index is 13.6. The molecular formula is C13H11ClF2N2. The van der Waals surface area contributed by atoms with Crippen LogP contribution in [0.3, 0.4) is 0 Å². The molecule has 0 unspecified atom stereocenters. The molecule has 0 heterocycles. The van der Waals surface area contributed by atoms with Crippen LogP contribution in [0.5, 0.6) is 0 Å². The van der Waals surface area contributed by atoms with Crippen LogP contribution in [0.15, 0.2) is 30.3 Å². The van der Waals surface area contributed by atoms with E-state index in [9.17, 15) is 8.78 Å². The minimum Gasteiger partial charge on any atom is -0.397 e. The van der Waals surface area contributed by atoms with Crippen LogP contribution >= 0.6 is 11.6 Å². The Bertz CT molecular complexity index is 600. The number of benzene rings is 2. The molecule has 5 heteroatoms. The summed E-state index contributed by atoms with van der Waals surface area (Å²) in [4.78, 5) is 0. The maximum atomic E-state index is 13.6. The summed E-state index contributed by atoms with van der Waals surface area (Å²) in [5.74, 6) is -1.02. The Morgan fingerprint density at radius 2 is 1.78 bits per heavy atom. The predicted octanol–water partition coefficient (Wildman–Crippen LogP) is 4.25. The lowest BCUT2D eigenvalue weighted by molar-refractivity contribution is 0.595. The van der Waals surface area contributed by atoms with Gasteiger partial charge in [0.05, 0.1) is 17.1 Å². The van der Waals surface area contributed by atoms with Gasteiger partial charge >= 0.3 is 0 Å². The zero-order valence-electron chi connectivity index (χ0n) is 9.60. The molecular weight excluding hydrogens is 258 g/mol. The summed E-state index contributed by atoms with van der Waals surface area (Å²) >= 11 is 5.76. The van der Waals surface area contributed by atoms with Gasteiger partial charge in [0.15, 0.2) is 0 Å². The topological polar surface area (TPSA) is 38.0 Å². The van der Waals surface area contributed by atoms with Crippen LogP contribution in [-0.2, 0) is 0 Å². The van der Waals surface area contributed by atoms with E-state index in [1.807, 2.05) is 0 Å². The number of hydrogen-bond donors (Lipinski definition) is 2. The first-order chi connectivity index (χ1) is 8.47. The molecule has 0 spiro atoms. The van der Waals surface area contributed by atoms with Crippen LogP contribution in [0.1, 0.15) is 5.56 Å². The highest BCUT2D eigenvalue weighted by molar-refractivity contribution is 6.31. The van der Waals surface area contributed by atoms with Gasteiger partial charge in [-0.1, -0.05) is 11.6 Å². The van der Waals surface area contributed by atoms with Gasteiger partial charge in [0.1, 0.15) is 11.6 Å².